The predicted molar refractivity (Wildman–Crippen MR) is 134 cm³/mol. The molecule has 5 rings (SSSR count). The number of aromatic hydroxyl groups is 1. The molecule has 1 amide bonds. The molecule has 0 bridgehead atoms. The molecule has 1 aromatic heterocycles. The number of imidazole rings is 1. The van der Waals surface area contributed by atoms with E-state index in [4.69, 9.17) is 4.74 Å². The molecule has 7 nitrogen and oxygen atoms in total. The van der Waals surface area contributed by atoms with Gasteiger partial charge >= 0.3 is 0 Å². The number of aryl methyl sites for hydroxylation is 2. The molecule has 3 aromatic rings. The van der Waals surface area contributed by atoms with E-state index in [-0.39, 0.29) is 23.5 Å². The van der Waals surface area contributed by atoms with Gasteiger partial charge in [0.25, 0.3) is 0 Å². The molecule has 1 fully saturated rings. The number of likely N-dealkylation sites (tertiary alicyclic amines) is 1. The van der Waals surface area contributed by atoms with E-state index in [2.05, 4.69) is 38.4 Å². The number of hydrogen-bond donors (Lipinski definition) is 3. The van der Waals surface area contributed by atoms with Gasteiger partial charge in [0.05, 0.1) is 18.9 Å². The van der Waals surface area contributed by atoms with E-state index in [1.807, 2.05) is 12.1 Å². The molecular formula is C28H34N4O3. The molecule has 1 aliphatic heterocycles. The number of ether oxygens (including phenoxy) is 1. The number of hydrogen-bond acceptors (Lipinski definition) is 5. The maximum absolute atomic E-state index is 13.1. The number of piperidine rings is 1. The van der Waals surface area contributed by atoms with Crippen LogP contribution in [0.15, 0.2) is 55.0 Å². The third-order valence-corrected chi connectivity index (χ3v) is 7.13. The molecule has 2 aliphatic rings. The second kappa shape index (κ2) is 11.0. The fraction of sp³-hybridized carbons (Fsp3) is 0.429. The van der Waals surface area contributed by atoms with E-state index < -0.39 is 0 Å². The average molecular weight is 475 g/mol. The number of rotatable bonds is 9. The molecule has 1 saturated heterocycles. The maximum Gasteiger partial charge on any atom is 0.224 e. The number of nitrogens with zero attached hydrogens (tertiary/aromatic N) is 2. The van der Waals surface area contributed by atoms with Gasteiger partial charge in [-0.1, -0.05) is 18.2 Å². The fourth-order valence-corrected chi connectivity index (χ4v) is 5.34. The molecule has 0 unspecified atom stereocenters. The molecule has 7 heteroatoms. The summed E-state index contributed by atoms with van der Waals surface area (Å²) in [4.78, 5) is 22.5. The topological polar surface area (TPSA) is 90.5 Å². The zero-order valence-corrected chi connectivity index (χ0v) is 20.1. The van der Waals surface area contributed by atoms with E-state index in [9.17, 15) is 9.90 Å². The molecule has 0 radical (unpaired) electrons. The van der Waals surface area contributed by atoms with E-state index in [0.717, 1.165) is 49.4 Å². The molecular weight excluding hydrogens is 440 g/mol. The minimum absolute atomic E-state index is 0.0868. The number of aromatic nitrogens is 2. The lowest BCUT2D eigenvalue weighted by molar-refractivity contribution is -0.127. The summed E-state index contributed by atoms with van der Waals surface area (Å²) in [7, 11) is 0. The minimum Gasteiger partial charge on any atom is -0.508 e. The smallest absolute Gasteiger partial charge is 0.224 e. The molecule has 3 N–H and O–H groups in total. The number of phenols is 1. The first-order valence-corrected chi connectivity index (χ1v) is 12.6. The van der Waals surface area contributed by atoms with Crippen molar-refractivity contribution in [3.63, 3.8) is 0 Å². The van der Waals surface area contributed by atoms with E-state index in [0.29, 0.717) is 19.7 Å². The van der Waals surface area contributed by atoms with Crippen molar-refractivity contribution in [2.24, 2.45) is 11.8 Å². The number of aromatic amines is 1. The summed E-state index contributed by atoms with van der Waals surface area (Å²) in [5.41, 5.74) is 5.00. The van der Waals surface area contributed by atoms with Crippen LogP contribution in [0.1, 0.15) is 35.2 Å². The summed E-state index contributed by atoms with van der Waals surface area (Å²) in [5, 5.41) is 12.7. The van der Waals surface area contributed by atoms with Crippen molar-refractivity contribution in [3.05, 3.63) is 77.4 Å². The fourth-order valence-electron chi connectivity index (χ4n) is 5.34. The highest BCUT2D eigenvalue weighted by Gasteiger charge is 2.32. The van der Waals surface area contributed by atoms with Crippen LogP contribution in [0.4, 0.5) is 0 Å². The molecule has 0 saturated carbocycles. The first-order chi connectivity index (χ1) is 17.1. The molecule has 0 spiro atoms. The second-order valence-electron chi connectivity index (χ2n) is 9.87. The molecule has 2 atom stereocenters. The third-order valence-electron chi connectivity index (χ3n) is 7.13. The Balaban J connectivity index is 1.21. The maximum atomic E-state index is 13.1. The van der Waals surface area contributed by atoms with Crippen molar-refractivity contribution in [1.82, 2.24) is 20.2 Å². The normalized spacial score (nSPS) is 19.9. The zero-order chi connectivity index (χ0) is 24.0. The van der Waals surface area contributed by atoms with Crippen LogP contribution in [0.2, 0.25) is 0 Å². The number of H-pyrrole nitrogens is 1. The van der Waals surface area contributed by atoms with Crippen LogP contribution in [0.5, 0.6) is 11.5 Å². The highest BCUT2D eigenvalue weighted by molar-refractivity contribution is 5.79. The van der Waals surface area contributed by atoms with Gasteiger partial charge < -0.3 is 20.1 Å². The van der Waals surface area contributed by atoms with Crippen LogP contribution in [-0.2, 0) is 30.6 Å². The van der Waals surface area contributed by atoms with Crippen molar-refractivity contribution >= 4 is 5.91 Å². The Morgan fingerprint density at radius 2 is 2.00 bits per heavy atom. The Kier molecular flexibility index (Phi) is 7.33. The Bertz CT molecular complexity index is 1110. The third kappa shape index (κ3) is 6.22. The van der Waals surface area contributed by atoms with Gasteiger partial charge in [0.2, 0.25) is 5.91 Å². The number of nitrogens with one attached hydrogen (secondary N) is 2. The van der Waals surface area contributed by atoms with Crippen LogP contribution in [-0.4, -0.2) is 52.1 Å². The van der Waals surface area contributed by atoms with E-state index in [1.165, 1.54) is 24.0 Å². The summed E-state index contributed by atoms with van der Waals surface area (Å²) in [6.45, 7) is 3.53. The van der Waals surface area contributed by atoms with Crippen molar-refractivity contribution < 1.29 is 14.6 Å². The lowest BCUT2D eigenvalue weighted by atomic mass is 9.88. The highest BCUT2D eigenvalue weighted by atomic mass is 16.5. The van der Waals surface area contributed by atoms with Crippen molar-refractivity contribution in [2.45, 2.75) is 38.6 Å². The molecule has 2 aromatic carbocycles. The van der Waals surface area contributed by atoms with Gasteiger partial charge in [0.1, 0.15) is 11.5 Å². The quantitative estimate of drug-likeness (QED) is 0.442. The van der Waals surface area contributed by atoms with Crippen LogP contribution in [0.3, 0.4) is 0 Å². The van der Waals surface area contributed by atoms with Gasteiger partial charge in [-0.2, -0.15) is 0 Å². The van der Waals surface area contributed by atoms with Crippen molar-refractivity contribution in [1.29, 1.82) is 0 Å². The van der Waals surface area contributed by atoms with Crippen LogP contribution in [0.25, 0.3) is 0 Å². The number of amides is 1. The van der Waals surface area contributed by atoms with Gasteiger partial charge in [-0.15, -0.1) is 0 Å². The molecule has 2 heterocycles. The monoisotopic (exact) mass is 474 g/mol. The van der Waals surface area contributed by atoms with Gasteiger partial charge in [-0.05, 0) is 66.6 Å². The lowest BCUT2D eigenvalue weighted by Crippen LogP contribution is -2.47. The summed E-state index contributed by atoms with van der Waals surface area (Å²) in [5.74, 6) is 1.47. The van der Waals surface area contributed by atoms with E-state index in [1.54, 1.807) is 24.7 Å². The first-order valence-electron chi connectivity index (χ1n) is 12.6. The van der Waals surface area contributed by atoms with Gasteiger partial charge in [0, 0.05) is 50.4 Å². The number of phenolic OH excluding ortho intramolecular Hbond substituents is 1. The summed E-state index contributed by atoms with van der Waals surface area (Å²) in [6, 6.07) is 13.8. The Morgan fingerprint density at radius 1 is 1.14 bits per heavy atom. The summed E-state index contributed by atoms with van der Waals surface area (Å²) in [6.07, 6.45) is 8.53. The minimum atomic E-state index is -0.0868. The number of carbonyl (C=O) groups excluding carboxylic acids is 1. The Hall–Kier alpha value is -3.32. The summed E-state index contributed by atoms with van der Waals surface area (Å²) >= 11 is 0. The van der Waals surface area contributed by atoms with Gasteiger partial charge in [-0.25, -0.2) is 4.98 Å². The van der Waals surface area contributed by atoms with Gasteiger partial charge in [0.15, 0.2) is 0 Å². The lowest BCUT2D eigenvalue weighted by Gasteiger charge is -2.37. The standard InChI is InChI=1S/C28H34N4O3/c33-26-7-4-20(5-8-26)15-32-16-21(18-35-27-9-6-22-2-1-3-23(22)13-27)12-24(17-32)28(34)30-11-10-25-14-29-19-31-25/h4-9,13-14,19,21,24,33H,1-3,10-12,15-18H2,(H,29,31)(H,30,34)/t21-,24+/m0/s1. The SMILES string of the molecule is O=C(NCCc1cnc[nH]1)[C@@H]1C[C@H](COc2ccc3c(c2)CCC3)CN(Cc2ccc(O)cc2)C1. The number of carbonyl (C=O) groups is 1. The largest absolute Gasteiger partial charge is 0.508 e. The summed E-state index contributed by atoms with van der Waals surface area (Å²) < 4.78 is 6.24. The zero-order valence-electron chi connectivity index (χ0n) is 20.1. The van der Waals surface area contributed by atoms with Gasteiger partial charge in [-0.3, -0.25) is 9.69 Å². The Morgan fingerprint density at radius 3 is 2.83 bits per heavy atom. The van der Waals surface area contributed by atoms with E-state index >= 15 is 0 Å². The predicted octanol–water partition coefficient (Wildman–Crippen LogP) is 3.48. The van der Waals surface area contributed by atoms with Crippen molar-refractivity contribution in [3.8, 4) is 11.5 Å². The number of benzene rings is 2. The molecule has 35 heavy (non-hydrogen) atoms. The first kappa shape index (κ1) is 23.4. The van der Waals surface area contributed by atoms with Crippen LogP contribution < -0.4 is 10.1 Å². The second-order valence-corrected chi connectivity index (χ2v) is 9.87. The van der Waals surface area contributed by atoms with Crippen LogP contribution in [0, 0.1) is 11.8 Å². The van der Waals surface area contributed by atoms with Crippen LogP contribution >= 0.6 is 0 Å². The average Bonchev–Trinajstić information content (AvgIpc) is 3.56. The molecule has 184 valence electrons. The number of fused-ring (bicyclic) bond motifs is 1. The van der Waals surface area contributed by atoms with Crippen molar-refractivity contribution in [2.75, 3.05) is 26.2 Å². The molecule has 1 aliphatic carbocycles. The Labute approximate surface area is 206 Å². The highest BCUT2D eigenvalue weighted by Crippen LogP contribution is 2.28.